The maximum absolute atomic E-state index is 11.3. The molecule has 0 saturated carbocycles. The molecule has 0 aliphatic rings. The lowest BCUT2D eigenvalue weighted by Gasteiger charge is -2.11. The third-order valence-electron chi connectivity index (χ3n) is 2.87. The molecule has 2 rings (SSSR count). The van der Waals surface area contributed by atoms with Gasteiger partial charge >= 0.3 is 5.63 Å². The molecule has 2 aromatic rings. The van der Waals surface area contributed by atoms with Crippen LogP contribution in [0.2, 0.25) is 0 Å². The van der Waals surface area contributed by atoms with Crippen molar-refractivity contribution in [1.29, 1.82) is 0 Å². The first kappa shape index (κ1) is 13.5. The van der Waals surface area contributed by atoms with Crippen molar-refractivity contribution < 1.29 is 9.52 Å². The van der Waals surface area contributed by atoms with Crippen molar-refractivity contribution in [1.82, 2.24) is 15.0 Å². The lowest BCUT2D eigenvalue weighted by Crippen LogP contribution is -2.17. The SMILES string of the molecule is Cc1cc(-n2cc(CC(O)C(C)C)nn2)cc(=O)o1. The molecule has 0 amide bonds. The summed E-state index contributed by atoms with van der Waals surface area (Å²) >= 11 is 0. The van der Waals surface area contributed by atoms with E-state index in [1.165, 1.54) is 10.7 Å². The second-order valence-corrected chi connectivity index (χ2v) is 4.92. The summed E-state index contributed by atoms with van der Waals surface area (Å²) in [6.45, 7) is 5.59. The second kappa shape index (κ2) is 5.36. The molecule has 2 heterocycles. The molecule has 6 nitrogen and oxygen atoms in total. The van der Waals surface area contributed by atoms with Crippen molar-refractivity contribution in [3.05, 3.63) is 40.2 Å². The Bertz CT molecular complexity index is 616. The van der Waals surface area contributed by atoms with Gasteiger partial charge in [0, 0.05) is 18.6 Å². The first-order valence-electron chi connectivity index (χ1n) is 6.17. The average molecular weight is 263 g/mol. The quantitative estimate of drug-likeness (QED) is 0.893. The maximum atomic E-state index is 11.3. The fourth-order valence-electron chi connectivity index (χ4n) is 1.69. The predicted molar refractivity (Wildman–Crippen MR) is 69.2 cm³/mol. The number of aliphatic hydroxyl groups excluding tert-OH is 1. The summed E-state index contributed by atoms with van der Waals surface area (Å²) in [6.07, 6.45) is 1.70. The minimum atomic E-state index is -0.451. The number of rotatable bonds is 4. The molecule has 1 N–H and O–H groups in total. The highest BCUT2D eigenvalue weighted by Gasteiger charge is 2.13. The van der Waals surface area contributed by atoms with Crippen LogP contribution in [0.25, 0.3) is 5.69 Å². The smallest absolute Gasteiger partial charge is 0.338 e. The van der Waals surface area contributed by atoms with Crippen LogP contribution in [0, 0.1) is 12.8 Å². The van der Waals surface area contributed by atoms with Gasteiger partial charge in [-0.3, -0.25) is 0 Å². The van der Waals surface area contributed by atoms with Crippen LogP contribution in [0.1, 0.15) is 25.3 Å². The Morgan fingerprint density at radius 1 is 1.42 bits per heavy atom. The van der Waals surface area contributed by atoms with Crippen LogP contribution in [-0.4, -0.2) is 26.2 Å². The minimum Gasteiger partial charge on any atom is -0.428 e. The van der Waals surface area contributed by atoms with Crippen molar-refractivity contribution in [2.75, 3.05) is 0 Å². The summed E-state index contributed by atoms with van der Waals surface area (Å²) in [5.41, 5.74) is 0.868. The molecular formula is C13H17N3O3. The van der Waals surface area contributed by atoms with E-state index < -0.39 is 11.7 Å². The van der Waals surface area contributed by atoms with Gasteiger partial charge in [-0.2, -0.15) is 0 Å². The second-order valence-electron chi connectivity index (χ2n) is 4.92. The fourth-order valence-corrected chi connectivity index (χ4v) is 1.69. The van der Waals surface area contributed by atoms with Gasteiger partial charge in [-0.15, -0.1) is 5.10 Å². The van der Waals surface area contributed by atoms with Gasteiger partial charge in [0.25, 0.3) is 0 Å². The van der Waals surface area contributed by atoms with E-state index in [2.05, 4.69) is 10.3 Å². The number of aryl methyl sites for hydroxylation is 1. The van der Waals surface area contributed by atoms with Crippen molar-refractivity contribution in [3.63, 3.8) is 0 Å². The minimum absolute atomic E-state index is 0.163. The topological polar surface area (TPSA) is 81.1 Å². The van der Waals surface area contributed by atoms with E-state index in [-0.39, 0.29) is 5.92 Å². The fraction of sp³-hybridized carbons (Fsp3) is 0.462. The summed E-state index contributed by atoms with van der Waals surface area (Å²) in [6, 6.07) is 3.06. The molecule has 1 atom stereocenters. The highest BCUT2D eigenvalue weighted by atomic mass is 16.4. The van der Waals surface area contributed by atoms with E-state index in [1.807, 2.05) is 13.8 Å². The summed E-state index contributed by atoms with van der Waals surface area (Å²) in [4.78, 5) is 11.3. The molecule has 1 unspecified atom stereocenters. The lowest BCUT2D eigenvalue weighted by molar-refractivity contribution is 0.124. The Hall–Kier alpha value is -1.95. The van der Waals surface area contributed by atoms with E-state index in [0.29, 0.717) is 23.6 Å². The van der Waals surface area contributed by atoms with E-state index >= 15 is 0 Å². The first-order valence-corrected chi connectivity index (χ1v) is 6.17. The summed E-state index contributed by atoms with van der Waals surface area (Å²) < 4.78 is 6.39. The molecule has 0 aliphatic heterocycles. The summed E-state index contributed by atoms with van der Waals surface area (Å²) in [7, 11) is 0. The van der Waals surface area contributed by atoms with E-state index in [9.17, 15) is 9.90 Å². The van der Waals surface area contributed by atoms with Gasteiger partial charge in [0.15, 0.2) is 0 Å². The Balaban J connectivity index is 2.23. The molecule has 6 heteroatoms. The predicted octanol–water partition coefficient (Wildman–Crippen LogP) is 1.09. The molecule has 0 aliphatic carbocycles. The van der Waals surface area contributed by atoms with Crippen molar-refractivity contribution in [2.24, 2.45) is 5.92 Å². The number of aromatic nitrogens is 3. The monoisotopic (exact) mass is 263 g/mol. The van der Waals surface area contributed by atoms with Crippen LogP contribution in [-0.2, 0) is 6.42 Å². The van der Waals surface area contributed by atoms with Gasteiger partial charge in [-0.25, -0.2) is 9.48 Å². The zero-order valence-electron chi connectivity index (χ0n) is 11.2. The molecule has 0 bridgehead atoms. The third kappa shape index (κ3) is 3.29. The van der Waals surface area contributed by atoms with Gasteiger partial charge in [-0.1, -0.05) is 19.1 Å². The van der Waals surface area contributed by atoms with Gasteiger partial charge in [-0.05, 0) is 12.8 Å². The van der Waals surface area contributed by atoms with Crippen molar-refractivity contribution in [2.45, 2.75) is 33.3 Å². The highest BCUT2D eigenvalue weighted by Crippen LogP contribution is 2.10. The normalized spacial score (nSPS) is 12.9. The lowest BCUT2D eigenvalue weighted by atomic mass is 10.0. The van der Waals surface area contributed by atoms with Gasteiger partial charge in [0.2, 0.25) is 0 Å². The highest BCUT2D eigenvalue weighted by molar-refractivity contribution is 5.29. The van der Waals surface area contributed by atoms with Gasteiger partial charge < -0.3 is 9.52 Å². The van der Waals surface area contributed by atoms with Gasteiger partial charge in [0.1, 0.15) is 5.76 Å². The number of nitrogens with zero attached hydrogens (tertiary/aromatic N) is 3. The zero-order chi connectivity index (χ0) is 14.0. The zero-order valence-corrected chi connectivity index (χ0v) is 11.2. The van der Waals surface area contributed by atoms with E-state index in [1.54, 1.807) is 19.2 Å². The molecule has 0 aromatic carbocycles. The van der Waals surface area contributed by atoms with Crippen molar-refractivity contribution >= 4 is 0 Å². The number of aliphatic hydroxyl groups is 1. The van der Waals surface area contributed by atoms with Crippen LogP contribution in [0.4, 0.5) is 0 Å². The molecule has 0 spiro atoms. The molecule has 102 valence electrons. The van der Waals surface area contributed by atoms with Crippen LogP contribution < -0.4 is 5.63 Å². The first-order chi connectivity index (χ1) is 8.95. The third-order valence-corrected chi connectivity index (χ3v) is 2.87. The van der Waals surface area contributed by atoms with E-state index in [4.69, 9.17) is 4.42 Å². The Kier molecular flexibility index (Phi) is 3.80. The molecular weight excluding hydrogens is 246 g/mol. The van der Waals surface area contributed by atoms with Crippen molar-refractivity contribution in [3.8, 4) is 5.69 Å². The van der Waals surface area contributed by atoms with Crippen LogP contribution >= 0.6 is 0 Å². The summed E-state index contributed by atoms with van der Waals surface area (Å²) in [5, 5.41) is 17.8. The van der Waals surface area contributed by atoms with Gasteiger partial charge in [0.05, 0.1) is 23.7 Å². The standard InChI is InChI=1S/C13H17N3O3/c1-8(2)12(17)5-10-7-16(15-14-10)11-4-9(3)19-13(18)6-11/h4,6-8,12,17H,5H2,1-3H3. The molecule has 19 heavy (non-hydrogen) atoms. The summed E-state index contributed by atoms with van der Waals surface area (Å²) in [5.74, 6) is 0.679. The van der Waals surface area contributed by atoms with E-state index in [0.717, 1.165) is 0 Å². The number of hydrogen-bond acceptors (Lipinski definition) is 5. The van der Waals surface area contributed by atoms with Crippen LogP contribution in [0.15, 0.2) is 27.5 Å². The molecule has 2 aromatic heterocycles. The largest absolute Gasteiger partial charge is 0.428 e. The Morgan fingerprint density at radius 2 is 2.16 bits per heavy atom. The Morgan fingerprint density at radius 3 is 2.79 bits per heavy atom. The Labute approximate surface area is 110 Å². The van der Waals surface area contributed by atoms with Crippen LogP contribution in [0.3, 0.4) is 0 Å². The maximum Gasteiger partial charge on any atom is 0.338 e. The number of hydrogen-bond donors (Lipinski definition) is 1. The molecule has 0 saturated heterocycles. The molecule has 0 fully saturated rings. The molecule has 0 radical (unpaired) electrons. The average Bonchev–Trinajstić information content (AvgIpc) is 2.76. The van der Waals surface area contributed by atoms with Crippen LogP contribution in [0.5, 0.6) is 0 Å².